The van der Waals surface area contributed by atoms with Gasteiger partial charge in [-0.05, 0) is 74.8 Å². The number of nitro benzene ring substituents is 1. The Hall–Kier alpha value is -7.57. The monoisotopic (exact) mass is 929 g/mol. The minimum Gasteiger partial charge on any atom is -0.502 e. The van der Waals surface area contributed by atoms with Gasteiger partial charge in [-0.15, -0.1) is 0 Å². The fourth-order valence-corrected chi connectivity index (χ4v) is 6.04. The third-order valence-electron chi connectivity index (χ3n) is 9.31. The molecule has 0 radical (unpaired) electrons. The summed E-state index contributed by atoms with van der Waals surface area (Å²) in [6.07, 6.45) is 0.818. The number of nitrogens with two attached hydrogens (primary N) is 4. The highest BCUT2D eigenvalue weighted by atomic mass is 16.6. The number of hydrogen-bond acceptors (Lipinski definition) is 14. The Bertz CT molecular complexity index is 2050. The highest BCUT2D eigenvalue weighted by Gasteiger charge is 2.30. The predicted octanol–water partition coefficient (Wildman–Crippen LogP) is -2.02. The van der Waals surface area contributed by atoms with Gasteiger partial charge in [0.25, 0.3) is 5.91 Å². The van der Waals surface area contributed by atoms with Gasteiger partial charge in [0.05, 0.1) is 30.1 Å². The predicted molar refractivity (Wildman–Crippen MR) is 242 cm³/mol. The lowest BCUT2D eigenvalue weighted by Gasteiger charge is -2.26. The van der Waals surface area contributed by atoms with Crippen LogP contribution in [-0.2, 0) is 40.0 Å². The number of carbonyl (C=O) groups is 8. The smallest absolute Gasteiger partial charge is 0.326 e. The van der Waals surface area contributed by atoms with Gasteiger partial charge in [0.1, 0.15) is 24.2 Å². The Morgan fingerprint density at radius 2 is 1.32 bits per heavy atom. The highest BCUT2D eigenvalue weighted by molar-refractivity contribution is 6.01. The average molecular weight is 930 g/mol. The summed E-state index contributed by atoms with van der Waals surface area (Å²) in [5.74, 6) is -7.91. The van der Waals surface area contributed by atoms with E-state index in [9.17, 15) is 58.7 Å². The summed E-state index contributed by atoms with van der Waals surface area (Å²) in [4.78, 5) is 118. The van der Waals surface area contributed by atoms with Crippen LogP contribution in [0.3, 0.4) is 0 Å². The molecule has 0 saturated carbocycles. The molecular weight excluding hydrogens is 867 g/mol. The number of nitrogen functional groups attached to an aromatic ring is 1. The topological polar surface area (TPSA) is 421 Å². The van der Waals surface area contributed by atoms with Crippen molar-refractivity contribution in [2.75, 3.05) is 38.5 Å². The van der Waals surface area contributed by atoms with E-state index in [1.54, 1.807) is 12.1 Å². The zero-order valence-electron chi connectivity index (χ0n) is 36.1. The van der Waals surface area contributed by atoms with Crippen LogP contribution >= 0.6 is 0 Å². The molecule has 17 N–H and O–H groups in total. The van der Waals surface area contributed by atoms with Gasteiger partial charge in [0.15, 0.2) is 11.7 Å². The number of phenols is 1. The quantitative estimate of drug-likeness (QED) is 0.0109. The van der Waals surface area contributed by atoms with Gasteiger partial charge in [-0.25, -0.2) is 4.79 Å². The maximum Gasteiger partial charge on any atom is 0.326 e. The average Bonchev–Trinajstić information content (AvgIpc) is 3.24. The second-order valence-electron chi connectivity index (χ2n) is 15.1. The van der Waals surface area contributed by atoms with E-state index in [0.29, 0.717) is 12.8 Å². The summed E-state index contributed by atoms with van der Waals surface area (Å²) in [5, 5.41) is 47.5. The fraction of sp³-hybridized carbons (Fsp3) is 0.488. The summed E-state index contributed by atoms with van der Waals surface area (Å²) in [5.41, 5.74) is 22.2. The number of carboxylic acids is 1. The van der Waals surface area contributed by atoms with Crippen molar-refractivity contribution in [2.45, 2.75) is 90.4 Å². The van der Waals surface area contributed by atoms with Crippen LogP contribution in [0.25, 0.3) is 0 Å². The third-order valence-corrected chi connectivity index (χ3v) is 9.31. The van der Waals surface area contributed by atoms with E-state index in [-0.39, 0.29) is 74.9 Å². The molecule has 0 aliphatic rings. The van der Waals surface area contributed by atoms with Gasteiger partial charge >= 0.3 is 11.7 Å². The van der Waals surface area contributed by atoms with E-state index >= 15 is 0 Å². The second-order valence-corrected chi connectivity index (χ2v) is 15.1. The van der Waals surface area contributed by atoms with Crippen molar-refractivity contribution in [2.24, 2.45) is 28.1 Å². The molecule has 4 atom stereocenters. The zero-order valence-corrected chi connectivity index (χ0v) is 36.1. The number of guanidine groups is 1. The van der Waals surface area contributed by atoms with E-state index in [1.165, 1.54) is 18.2 Å². The lowest BCUT2D eigenvalue weighted by Crippen LogP contribution is -2.57. The van der Waals surface area contributed by atoms with Crippen molar-refractivity contribution >= 4 is 64.7 Å². The number of aromatic hydroxyl groups is 1. The standard InChI is InChI=1S/C40H59N13O12.CH4/c1-22(2)16-28(49-34(57)21-47-35(58)24-8-3-4-9-25(24)42)38(61)52-27(10-5-6-14-41)37(60)51-26(11-7-15-45-40(43)44)36(59)48-19-32(55)46-20-33(56)50-29(39(62)63)17-23-12-13-31(54)30(18-23)53(64)65;/h3-4,8-9,12-13,18,22,26-29,54H,5-7,10-11,14-17,19-21,41-42H2,1-2H3,(H,46,55)(H,47,58)(H,48,59)(H,49,57)(H,50,56)(H,51,60)(H,52,61)(H,62,63)(H4,43,44,45);1H4/t26-,27-,28-,29-;/m0./s1. The summed E-state index contributed by atoms with van der Waals surface area (Å²) in [6.45, 7) is 2.05. The van der Waals surface area contributed by atoms with Gasteiger partial charge < -0.3 is 70.4 Å². The van der Waals surface area contributed by atoms with Crippen molar-refractivity contribution in [1.82, 2.24) is 37.2 Å². The Morgan fingerprint density at radius 3 is 1.91 bits per heavy atom. The number of nitro groups is 1. The first-order valence-corrected chi connectivity index (χ1v) is 20.5. The van der Waals surface area contributed by atoms with Crippen molar-refractivity contribution in [3.63, 3.8) is 0 Å². The number of aliphatic carboxylic acids is 1. The van der Waals surface area contributed by atoms with Gasteiger partial charge in [0, 0.05) is 24.7 Å². The Kier molecular flexibility index (Phi) is 24.8. The Morgan fingerprint density at radius 1 is 0.742 bits per heavy atom. The van der Waals surface area contributed by atoms with Crippen LogP contribution < -0.4 is 60.2 Å². The number of nitrogens with zero attached hydrogens (tertiary/aromatic N) is 2. The SMILES string of the molecule is C.CC(C)C[C@H](NC(=O)CNC(=O)c1ccccc1N)C(=O)N[C@@H](CCCCN)C(=O)N[C@@H](CCCN=C(N)N)C(=O)NCC(=O)NCC(=O)N[C@@H](Cc1ccc(O)c([N+](=O)[O-])c1)C(=O)O. The minimum atomic E-state index is -1.57. The molecule has 0 aromatic heterocycles. The number of amides is 7. The van der Waals surface area contributed by atoms with E-state index in [4.69, 9.17) is 22.9 Å². The molecule has 25 nitrogen and oxygen atoms in total. The maximum atomic E-state index is 13.8. The Balaban J connectivity index is 0.0000218. The molecule has 0 bridgehead atoms. The number of carboxylic acid groups (broad SMARTS) is 1. The molecule has 0 spiro atoms. The highest BCUT2D eigenvalue weighted by Crippen LogP contribution is 2.26. The molecule has 0 unspecified atom stereocenters. The molecule has 2 aromatic carbocycles. The number of phenolic OH excluding ortho intramolecular Hbond substituents is 1. The molecule has 0 saturated heterocycles. The van der Waals surface area contributed by atoms with E-state index in [1.807, 2.05) is 13.8 Å². The molecule has 0 aliphatic carbocycles. The molecule has 25 heteroatoms. The number of carbonyl (C=O) groups excluding carboxylic acids is 7. The molecule has 2 rings (SSSR count). The van der Waals surface area contributed by atoms with Crippen molar-refractivity contribution in [3.8, 4) is 5.75 Å². The van der Waals surface area contributed by atoms with Crippen LogP contribution in [-0.4, -0.2) is 125 Å². The molecule has 0 aliphatic heterocycles. The largest absolute Gasteiger partial charge is 0.502 e. The van der Waals surface area contributed by atoms with Gasteiger partial charge in [0.2, 0.25) is 35.4 Å². The number of aliphatic imine (C=N–C) groups is 1. The first-order valence-electron chi connectivity index (χ1n) is 20.5. The first kappa shape index (κ1) is 56.4. The lowest BCUT2D eigenvalue weighted by atomic mass is 10.0. The number of hydrogen-bond donors (Lipinski definition) is 13. The van der Waals surface area contributed by atoms with Crippen molar-refractivity contribution in [3.05, 3.63) is 63.7 Å². The van der Waals surface area contributed by atoms with Gasteiger partial charge in [-0.1, -0.05) is 39.5 Å². The number of rotatable bonds is 28. The number of unbranched alkanes of at least 4 members (excludes halogenated alkanes) is 1. The molecule has 7 amide bonds. The van der Waals surface area contributed by atoms with E-state index in [2.05, 4.69) is 42.2 Å². The van der Waals surface area contributed by atoms with Crippen LogP contribution in [0.1, 0.15) is 75.7 Å². The normalized spacial score (nSPS) is 12.4. The maximum absolute atomic E-state index is 13.8. The number of para-hydroxylation sites is 1. The van der Waals surface area contributed by atoms with Crippen LogP contribution in [0.15, 0.2) is 47.5 Å². The van der Waals surface area contributed by atoms with Crippen molar-refractivity contribution < 1.29 is 53.5 Å². The second kappa shape index (κ2) is 29.0. The first-order chi connectivity index (χ1) is 30.7. The molecule has 2 aromatic rings. The van der Waals surface area contributed by atoms with Crippen LogP contribution in [0.2, 0.25) is 0 Å². The van der Waals surface area contributed by atoms with Crippen LogP contribution in [0.4, 0.5) is 11.4 Å². The molecule has 364 valence electrons. The lowest BCUT2D eigenvalue weighted by molar-refractivity contribution is -0.385. The van der Waals surface area contributed by atoms with E-state index < -0.39 is 114 Å². The minimum absolute atomic E-state index is 0. The van der Waals surface area contributed by atoms with Crippen molar-refractivity contribution in [1.29, 1.82) is 0 Å². The fourth-order valence-electron chi connectivity index (χ4n) is 6.04. The number of anilines is 1. The summed E-state index contributed by atoms with van der Waals surface area (Å²) >= 11 is 0. The number of nitrogens with one attached hydrogen (secondary N) is 7. The van der Waals surface area contributed by atoms with Gasteiger partial charge in [-0.3, -0.25) is 48.7 Å². The van der Waals surface area contributed by atoms with Gasteiger partial charge in [-0.2, -0.15) is 0 Å². The van der Waals surface area contributed by atoms with Crippen LogP contribution in [0.5, 0.6) is 5.75 Å². The third kappa shape index (κ3) is 20.7. The molecule has 66 heavy (non-hydrogen) atoms. The summed E-state index contributed by atoms with van der Waals surface area (Å²) in [6, 6.07) is 4.23. The molecule has 0 heterocycles. The Labute approximate surface area is 381 Å². The zero-order chi connectivity index (χ0) is 48.6. The summed E-state index contributed by atoms with van der Waals surface area (Å²) in [7, 11) is 0. The molecule has 0 fully saturated rings. The summed E-state index contributed by atoms with van der Waals surface area (Å²) < 4.78 is 0. The number of benzene rings is 2. The van der Waals surface area contributed by atoms with E-state index in [0.717, 1.165) is 12.1 Å². The van der Waals surface area contributed by atoms with Crippen LogP contribution in [0, 0.1) is 16.0 Å². The molecular formula is C41H63N13O12.